The maximum atomic E-state index is 11.5. The molecule has 2 rings (SSSR count). The Kier molecular flexibility index (Phi) is 4.31. The molecule has 4 nitrogen and oxygen atoms in total. The number of ether oxygens (including phenoxy) is 1. The highest BCUT2D eigenvalue weighted by Crippen LogP contribution is 2.27. The summed E-state index contributed by atoms with van der Waals surface area (Å²) in [6.45, 7) is 0.601. The van der Waals surface area contributed by atoms with Gasteiger partial charge in [-0.1, -0.05) is 11.6 Å². The molecule has 1 aliphatic carbocycles. The molecule has 2 N–H and O–H groups in total. The fourth-order valence-corrected chi connectivity index (χ4v) is 1.81. The minimum atomic E-state index is 0.103. The monoisotopic (exact) mass is 268 g/mol. The maximum Gasteiger partial charge on any atom is 0.221 e. The normalized spacial score (nSPS) is 14.1. The van der Waals surface area contributed by atoms with Crippen LogP contribution >= 0.6 is 11.6 Å². The van der Waals surface area contributed by atoms with Gasteiger partial charge in [-0.2, -0.15) is 0 Å². The van der Waals surface area contributed by atoms with E-state index in [0.717, 1.165) is 18.5 Å². The molecular weight excluding hydrogens is 252 g/mol. The fourth-order valence-electron chi connectivity index (χ4n) is 1.62. The second-order valence-corrected chi connectivity index (χ2v) is 4.78. The van der Waals surface area contributed by atoms with Gasteiger partial charge in [-0.25, -0.2) is 0 Å². The third kappa shape index (κ3) is 3.81. The summed E-state index contributed by atoms with van der Waals surface area (Å²) in [5.74, 6) is 0.732. The van der Waals surface area contributed by atoms with Crippen LogP contribution in [-0.4, -0.2) is 25.6 Å². The van der Waals surface area contributed by atoms with Crippen molar-refractivity contribution in [1.29, 1.82) is 0 Å². The van der Waals surface area contributed by atoms with Crippen LogP contribution in [0.25, 0.3) is 0 Å². The molecule has 0 spiro atoms. The molecule has 5 heteroatoms. The lowest BCUT2D eigenvalue weighted by Crippen LogP contribution is -2.27. The Bertz CT molecular complexity index is 433. The molecule has 1 aromatic carbocycles. The van der Waals surface area contributed by atoms with E-state index in [9.17, 15) is 4.79 Å². The number of carbonyl (C=O) groups is 1. The number of halogens is 1. The average Bonchev–Trinajstić information content (AvgIpc) is 3.15. The van der Waals surface area contributed by atoms with E-state index in [1.807, 2.05) is 12.1 Å². The average molecular weight is 269 g/mol. The van der Waals surface area contributed by atoms with Gasteiger partial charge in [0.05, 0.1) is 12.1 Å². The number of hydrogen-bond donors (Lipinski definition) is 2. The van der Waals surface area contributed by atoms with Crippen LogP contribution < -0.4 is 15.4 Å². The Morgan fingerprint density at radius 1 is 1.50 bits per heavy atom. The van der Waals surface area contributed by atoms with Crippen molar-refractivity contribution in [2.75, 3.05) is 19.0 Å². The lowest BCUT2D eigenvalue weighted by Gasteiger charge is -2.09. The Hall–Kier alpha value is -1.42. The highest BCUT2D eigenvalue weighted by molar-refractivity contribution is 6.32. The topological polar surface area (TPSA) is 50.4 Å². The smallest absolute Gasteiger partial charge is 0.221 e. The second-order valence-electron chi connectivity index (χ2n) is 4.37. The fraction of sp³-hybridized carbons (Fsp3) is 0.462. The maximum absolute atomic E-state index is 11.5. The van der Waals surface area contributed by atoms with Gasteiger partial charge in [0.2, 0.25) is 5.91 Å². The quantitative estimate of drug-likeness (QED) is 0.833. The zero-order chi connectivity index (χ0) is 13.0. The minimum absolute atomic E-state index is 0.103. The number of nitrogens with one attached hydrogen (secondary N) is 2. The van der Waals surface area contributed by atoms with E-state index in [1.165, 1.54) is 0 Å². The van der Waals surface area contributed by atoms with Crippen LogP contribution in [0, 0.1) is 0 Å². The summed E-state index contributed by atoms with van der Waals surface area (Å²) in [6.07, 6.45) is 2.71. The molecule has 0 aliphatic heterocycles. The zero-order valence-corrected chi connectivity index (χ0v) is 11.1. The summed E-state index contributed by atoms with van der Waals surface area (Å²) in [7, 11) is 1.58. The van der Waals surface area contributed by atoms with Gasteiger partial charge in [0, 0.05) is 30.8 Å². The summed E-state index contributed by atoms with van der Waals surface area (Å²) in [5.41, 5.74) is 0.899. The van der Waals surface area contributed by atoms with Gasteiger partial charge in [-0.05, 0) is 25.0 Å². The van der Waals surface area contributed by atoms with Crippen molar-refractivity contribution in [3.05, 3.63) is 23.2 Å². The van der Waals surface area contributed by atoms with Crippen LogP contribution in [0.3, 0.4) is 0 Å². The van der Waals surface area contributed by atoms with E-state index in [2.05, 4.69) is 10.6 Å². The SMILES string of the molecule is COc1cc(NCCC(=O)NC2CC2)ccc1Cl. The second kappa shape index (κ2) is 5.96. The first-order chi connectivity index (χ1) is 8.69. The van der Waals surface area contributed by atoms with Gasteiger partial charge in [0.1, 0.15) is 5.75 Å². The minimum Gasteiger partial charge on any atom is -0.495 e. The van der Waals surface area contributed by atoms with Crippen molar-refractivity contribution in [3.8, 4) is 5.75 Å². The molecule has 1 saturated carbocycles. The first-order valence-electron chi connectivity index (χ1n) is 6.06. The van der Waals surface area contributed by atoms with E-state index in [1.54, 1.807) is 13.2 Å². The third-order valence-corrected chi connectivity index (χ3v) is 3.09. The van der Waals surface area contributed by atoms with Crippen molar-refractivity contribution >= 4 is 23.2 Å². The van der Waals surface area contributed by atoms with Gasteiger partial charge in [0.25, 0.3) is 0 Å². The standard InChI is InChI=1S/C13H17ClN2O2/c1-18-12-8-10(4-5-11(12)14)15-7-6-13(17)16-9-2-3-9/h4-5,8-9,15H,2-3,6-7H2,1H3,(H,16,17). The van der Waals surface area contributed by atoms with Crippen LogP contribution in [-0.2, 0) is 4.79 Å². The summed E-state index contributed by atoms with van der Waals surface area (Å²) in [6, 6.07) is 5.88. The molecule has 0 bridgehead atoms. The van der Waals surface area contributed by atoms with E-state index in [0.29, 0.717) is 29.8 Å². The first kappa shape index (κ1) is 13.0. The Labute approximate surface area is 112 Å². The van der Waals surface area contributed by atoms with E-state index >= 15 is 0 Å². The highest BCUT2D eigenvalue weighted by Gasteiger charge is 2.22. The molecule has 18 heavy (non-hydrogen) atoms. The molecule has 0 aromatic heterocycles. The van der Waals surface area contributed by atoms with Crippen molar-refractivity contribution < 1.29 is 9.53 Å². The molecule has 0 atom stereocenters. The van der Waals surface area contributed by atoms with E-state index in [4.69, 9.17) is 16.3 Å². The van der Waals surface area contributed by atoms with Crippen LogP contribution in [0.4, 0.5) is 5.69 Å². The number of hydrogen-bond acceptors (Lipinski definition) is 3. The first-order valence-corrected chi connectivity index (χ1v) is 6.43. The van der Waals surface area contributed by atoms with Gasteiger partial charge < -0.3 is 15.4 Å². The lowest BCUT2D eigenvalue weighted by molar-refractivity contribution is -0.120. The van der Waals surface area contributed by atoms with Gasteiger partial charge in [0.15, 0.2) is 0 Å². The third-order valence-electron chi connectivity index (χ3n) is 2.77. The molecular formula is C13H17ClN2O2. The molecule has 0 saturated heterocycles. The van der Waals surface area contributed by atoms with E-state index in [-0.39, 0.29) is 5.91 Å². The molecule has 98 valence electrons. The number of amides is 1. The predicted octanol–water partition coefficient (Wildman–Crippen LogP) is 2.43. The number of methoxy groups -OCH3 is 1. The number of anilines is 1. The summed E-state index contributed by atoms with van der Waals surface area (Å²) >= 11 is 5.93. The Morgan fingerprint density at radius 3 is 2.94 bits per heavy atom. The Morgan fingerprint density at radius 2 is 2.28 bits per heavy atom. The molecule has 1 aromatic rings. The molecule has 0 unspecified atom stereocenters. The molecule has 1 fully saturated rings. The van der Waals surface area contributed by atoms with Gasteiger partial charge >= 0.3 is 0 Å². The van der Waals surface area contributed by atoms with Crippen molar-refractivity contribution in [2.45, 2.75) is 25.3 Å². The van der Waals surface area contributed by atoms with Crippen LogP contribution in [0.5, 0.6) is 5.75 Å². The number of benzene rings is 1. The Balaban J connectivity index is 1.76. The molecule has 1 amide bonds. The summed E-state index contributed by atoms with van der Waals surface area (Å²) in [4.78, 5) is 11.5. The van der Waals surface area contributed by atoms with Crippen LogP contribution in [0.1, 0.15) is 19.3 Å². The molecule has 0 radical (unpaired) electrons. The summed E-state index contributed by atoms with van der Waals surface area (Å²) in [5, 5.41) is 6.70. The molecule has 0 heterocycles. The largest absolute Gasteiger partial charge is 0.495 e. The highest BCUT2D eigenvalue weighted by atomic mass is 35.5. The number of rotatable bonds is 6. The van der Waals surface area contributed by atoms with E-state index < -0.39 is 0 Å². The van der Waals surface area contributed by atoms with Crippen molar-refractivity contribution in [1.82, 2.24) is 5.32 Å². The van der Waals surface area contributed by atoms with Crippen molar-refractivity contribution in [3.63, 3.8) is 0 Å². The van der Waals surface area contributed by atoms with Gasteiger partial charge in [-0.3, -0.25) is 4.79 Å². The van der Waals surface area contributed by atoms with Crippen LogP contribution in [0.15, 0.2) is 18.2 Å². The van der Waals surface area contributed by atoms with Gasteiger partial charge in [-0.15, -0.1) is 0 Å². The lowest BCUT2D eigenvalue weighted by atomic mass is 10.3. The van der Waals surface area contributed by atoms with Crippen molar-refractivity contribution in [2.24, 2.45) is 0 Å². The molecule has 1 aliphatic rings. The number of carbonyl (C=O) groups excluding carboxylic acids is 1. The van der Waals surface area contributed by atoms with Crippen LogP contribution in [0.2, 0.25) is 5.02 Å². The zero-order valence-electron chi connectivity index (χ0n) is 10.3. The predicted molar refractivity (Wildman–Crippen MR) is 72.3 cm³/mol. The summed E-state index contributed by atoms with van der Waals surface area (Å²) < 4.78 is 5.12.